The SMILES string of the molecule is C[C@H]1C[C@@H]2OCO[C@H]2[C@H](O[C@@H]2CC[C@]3(C=O)[C@H]4CC[C@]5(C)[C@@H](C6=CC(=O)OC6)CC[C@]5(O)[C@H]4CC[C@]3(O)C2)O1. The number of aliphatic hydroxyl groups is 2. The predicted octanol–water partition coefficient (Wildman–Crippen LogP) is 2.80. The van der Waals surface area contributed by atoms with Crippen LogP contribution >= 0.6 is 0 Å². The zero-order valence-electron chi connectivity index (χ0n) is 23.0. The van der Waals surface area contributed by atoms with Gasteiger partial charge in [-0.2, -0.15) is 0 Å². The number of hydrogen-bond acceptors (Lipinski definition) is 9. The first-order chi connectivity index (χ1) is 18.6. The molecule has 3 heterocycles. The molecule has 216 valence electrons. The maximum atomic E-state index is 13.0. The molecule has 9 heteroatoms. The molecule has 39 heavy (non-hydrogen) atoms. The molecular weight excluding hydrogens is 504 g/mol. The summed E-state index contributed by atoms with van der Waals surface area (Å²) >= 11 is 0. The van der Waals surface area contributed by atoms with Gasteiger partial charge in [-0.15, -0.1) is 0 Å². The summed E-state index contributed by atoms with van der Waals surface area (Å²) in [6.07, 6.45) is 7.88. The van der Waals surface area contributed by atoms with Crippen molar-refractivity contribution in [3.05, 3.63) is 11.6 Å². The van der Waals surface area contributed by atoms with E-state index in [0.717, 1.165) is 37.5 Å². The third-order valence-electron chi connectivity index (χ3n) is 12.3. The van der Waals surface area contributed by atoms with Crippen molar-refractivity contribution in [1.29, 1.82) is 0 Å². The Morgan fingerprint density at radius 1 is 1.05 bits per heavy atom. The molecule has 7 aliphatic rings. The zero-order chi connectivity index (χ0) is 27.2. The quantitative estimate of drug-likeness (QED) is 0.312. The summed E-state index contributed by atoms with van der Waals surface area (Å²) in [4.78, 5) is 24.9. The first-order valence-electron chi connectivity index (χ1n) is 14.9. The Balaban J connectivity index is 1.12. The van der Waals surface area contributed by atoms with Crippen LogP contribution in [0.25, 0.3) is 0 Å². The molecule has 0 aromatic heterocycles. The number of hydrogen-bond donors (Lipinski definition) is 2. The van der Waals surface area contributed by atoms with E-state index in [1.807, 2.05) is 6.92 Å². The van der Waals surface area contributed by atoms with Crippen LogP contribution in [0, 0.1) is 28.6 Å². The molecule has 0 amide bonds. The fourth-order valence-electron chi connectivity index (χ4n) is 10.3. The van der Waals surface area contributed by atoms with Crippen molar-refractivity contribution in [1.82, 2.24) is 0 Å². The lowest BCUT2D eigenvalue weighted by Crippen LogP contribution is -2.69. The van der Waals surface area contributed by atoms with Crippen molar-refractivity contribution in [2.45, 2.75) is 120 Å². The second-order valence-electron chi connectivity index (χ2n) is 13.7. The summed E-state index contributed by atoms with van der Waals surface area (Å²) in [5, 5.41) is 24.6. The number of esters is 1. The molecule has 0 radical (unpaired) electrons. The zero-order valence-corrected chi connectivity index (χ0v) is 23.0. The summed E-state index contributed by atoms with van der Waals surface area (Å²) in [7, 11) is 0. The minimum atomic E-state index is -1.19. The fourth-order valence-corrected chi connectivity index (χ4v) is 10.3. The molecule has 7 rings (SSSR count). The van der Waals surface area contributed by atoms with Gasteiger partial charge in [0.1, 0.15) is 25.8 Å². The van der Waals surface area contributed by atoms with E-state index >= 15 is 0 Å². The Labute approximate surface area is 229 Å². The van der Waals surface area contributed by atoms with Gasteiger partial charge in [-0.3, -0.25) is 0 Å². The van der Waals surface area contributed by atoms with Gasteiger partial charge in [-0.25, -0.2) is 4.79 Å². The predicted molar refractivity (Wildman–Crippen MR) is 136 cm³/mol. The van der Waals surface area contributed by atoms with Crippen molar-refractivity contribution < 1.29 is 43.5 Å². The normalized spacial score (nSPS) is 54.7. The molecular formula is C30H42O9. The van der Waals surface area contributed by atoms with Crippen molar-refractivity contribution in [2.75, 3.05) is 13.4 Å². The van der Waals surface area contributed by atoms with E-state index < -0.39 is 22.9 Å². The highest BCUT2D eigenvalue weighted by molar-refractivity contribution is 5.85. The van der Waals surface area contributed by atoms with Gasteiger partial charge >= 0.3 is 5.97 Å². The van der Waals surface area contributed by atoms with Crippen molar-refractivity contribution in [3.63, 3.8) is 0 Å². The van der Waals surface area contributed by atoms with E-state index in [1.165, 1.54) is 0 Å². The maximum absolute atomic E-state index is 13.0. The van der Waals surface area contributed by atoms with E-state index in [9.17, 15) is 19.8 Å². The Morgan fingerprint density at radius 2 is 1.87 bits per heavy atom. The van der Waals surface area contributed by atoms with Crippen molar-refractivity contribution in [3.8, 4) is 0 Å². The second-order valence-corrected chi connectivity index (χ2v) is 13.7. The average Bonchev–Trinajstić information content (AvgIpc) is 3.61. The Morgan fingerprint density at radius 3 is 2.64 bits per heavy atom. The summed E-state index contributed by atoms with van der Waals surface area (Å²) < 4.78 is 29.2. The van der Waals surface area contributed by atoms with Crippen LogP contribution in [0.3, 0.4) is 0 Å². The lowest BCUT2D eigenvalue weighted by molar-refractivity contribution is -0.287. The number of cyclic esters (lactones) is 1. The van der Waals surface area contributed by atoms with Gasteiger partial charge in [-0.1, -0.05) is 6.92 Å². The second kappa shape index (κ2) is 9.07. The molecule has 2 saturated heterocycles. The van der Waals surface area contributed by atoms with Crippen molar-refractivity contribution >= 4 is 12.3 Å². The third-order valence-corrected chi connectivity index (χ3v) is 12.3. The monoisotopic (exact) mass is 546 g/mol. The summed E-state index contributed by atoms with van der Waals surface area (Å²) in [6.45, 7) is 4.72. The first kappa shape index (κ1) is 26.5. The smallest absolute Gasteiger partial charge is 0.331 e. The number of carbonyl (C=O) groups excluding carboxylic acids is 2. The van der Waals surface area contributed by atoms with Crippen LogP contribution in [-0.4, -0.2) is 77.8 Å². The van der Waals surface area contributed by atoms with E-state index in [-0.39, 0.29) is 60.3 Å². The molecule has 4 saturated carbocycles. The summed E-state index contributed by atoms with van der Waals surface area (Å²) in [5.41, 5.74) is -2.44. The number of ether oxygens (including phenoxy) is 5. The lowest BCUT2D eigenvalue weighted by Gasteiger charge is -2.65. The molecule has 0 aromatic carbocycles. The highest BCUT2D eigenvalue weighted by atomic mass is 16.8. The van der Waals surface area contributed by atoms with E-state index in [4.69, 9.17) is 23.7 Å². The van der Waals surface area contributed by atoms with Crippen LogP contribution in [0.15, 0.2) is 11.6 Å². The highest BCUT2D eigenvalue weighted by Gasteiger charge is 2.71. The minimum absolute atomic E-state index is 0.00802. The molecule has 12 atom stereocenters. The fraction of sp³-hybridized carbons (Fsp3) is 0.867. The molecule has 0 spiro atoms. The van der Waals surface area contributed by atoms with Gasteiger partial charge in [0.25, 0.3) is 0 Å². The van der Waals surface area contributed by atoms with Gasteiger partial charge < -0.3 is 38.7 Å². The van der Waals surface area contributed by atoms with Gasteiger partial charge in [0.2, 0.25) is 0 Å². The topological polar surface area (TPSA) is 121 Å². The van der Waals surface area contributed by atoms with Gasteiger partial charge in [0.05, 0.1) is 34.9 Å². The first-order valence-corrected chi connectivity index (χ1v) is 14.9. The Hall–Kier alpha value is -1.36. The molecule has 2 N–H and O–H groups in total. The van der Waals surface area contributed by atoms with E-state index in [1.54, 1.807) is 6.08 Å². The number of rotatable bonds is 4. The van der Waals surface area contributed by atoms with Crippen LogP contribution in [0.2, 0.25) is 0 Å². The van der Waals surface area contributed by atoms with Crippen molar-refractivity contribution in [2.24, 2.45) is 28.6 Å². The lowest BCUT2D eigenvalue weighted by atomic mass is 9.41. The largest absolute Gasteiger partial charge is 0.458 e. The molecule has 0 bridgehead atoms. The van der Waals surface area contributed by atoms with Crippen LogP contribution in [0.1, 0.15) is 78.1 Å². The van der Waals surface area contributed by atoms with Gasteiger partial charge in [-0.05, 0) is 81.6 Å². The molecule has 0 unspecified atom stereocenters. The van der Waals surface area contributed by atoms with E-state index in [0.29, 0.717) is 45.1 Å². The van der Waals surface area contributed by atoms with E-state index in [2.05, 4.69) is 6.92 Å². The Bertz CT molecular complexity index is 1060. The van der Waals surface area contributed by atoms with Crippen LogP contribution in [0.5, 0.6) is 0 Å². The molecule has 6 fully saturated rings. The maximum Gasteiger partial charge on any atom is 0.331 e. The molecule has 4 aliphatic carbocycles. The molecule has 0 aromatic rings. The molecule has 3 aliphatic heterocycles. The highest BCUT2D eigenvalue weighted by Crippen LogP contribution is 2.70. The standard InChI is InChI=1S/C30H42O9/c1-17-11-23-25(37-16-36-23)26(38-17)39-19-3-8-28(15-31)21-4-7-27(2)20(18-12-24(32)35-14-18)6-10-30(27,34)22(21)5-9-29(28,33)13-19/h12,15,17,19-23,25-26,33-34H,3-11,13-14,16H2,1-2H3/t17-,19+,20+,21-,22-,23-,25+,26-,27+,28-,29-,30-/m0/s1. The Kier molecular flexibility index (Phi) is 6.17. The van der Waals surface area contributed by atoms with Crippen LogP contribution in [-0.2, 0) is 33.3 Å². The number of fused-ring (bicyclic) bond motifs is 6. The third kappa shape index (κ3) is 3.66. The van der Waals surface area contributed by atoms with Crippen LogP contribution < -0.4 is 0 Å². The van der Waals surface area contributed by atoms with Gasteiger partial charge in [0.15, 0.2) is 6.29 Å². The van der Waals surface area contributed by atoms with Crippen LogP contribution in [0.4, 0.5) is 0 Å². The summed E-state index contributed by atoms with van der Waals surface area (Å²) in [5.74, 6) is -0.371. The summed E-state index contributed by atoms with van der Waals surface area (Å²) in [6, 6.07) is 0. The average molecular weight is 547 g/mol. The van der Waals surface area contributed by atoms with Gasteiger partial charge in [0, 0.05) is 24.3 Å². The number of carbonyl (C=O) groups is 2. The number of aldehydes is 1. The molecule has 9 nitrogen and oxygen atoms in total. The minimum Gasteiger partial charge on any atom is -0.458 e.